The van der Waals surface area contributed by atoms with Gasteiger partial charge < -0.3 is 15.4 Å². The fraction of sp³-hybridized carbons (Fsp3) is 0.650. The second kappa shape index (κ2) is 8.79. The van der Waals surface area contributed by atoms with Gasteiger partial charge in [-0.1, -0.05) is 29.3 Å². The number of hydrogen-bond donors (Lipinski definition) is 2. The fourth-order valence-electron chi connectivity index (χ4n) is 4.02. The molecule has 1 aromatic rings. The number of rotatable bonds is 5. The van der Waals surface area contributed by atoms with E-state index in [0.717, 1.165) is 52.4 Å². The van der Waals surface area contributed by atoms with Gasteiger partial charge in [0.2, 0.25) is 5.91 Å². The smallest absolute Gasteiger partial charge is 0.224 e. The number of carbonyl (C=O) groups is 1. The summed E-state index contributed by atoms with van der Waals surface area (Å²) in [5.41, 5.74) is 3.67. The largest absolute Gasteiger partial charge is 0.379 e. The number of nitrogens with one attached hydrogen (secondary N) is 2. The zero-order valence-electron chi connectivity index (χ0n) is 15.5. The van der Waals surface area contributed by atoms with E-state index in [2.05, 4.69) is 47.6 Å². The van der Waals surface area contributed by atoms with E-state index in [-0.39, 0.29) is 11.8 Å². The van der Waals surface area contributed by atoms with Crippen LogP contribution in [0.15, 0.2) is 18.2 Å². The summed E-state index contributed by atoms with van der Waals surface area (Å²) in [4.78, 5) is 15.1. The van der Waals surface area contributed by atoms with Gasteiger partial charge in [-0.25, -0.2) is 0 Å². The molecule has 1 amide bonds. The van der Waals surface area contributed by atoms with Gasteiger partial charge in [-0.2, -0.15) is 0 Å². The Morgan fingerprint density at radius 3 is 2.64 bits per heavy atom. The van der Waals surface area contributed by atoms with Gasteiger partial charge in [0.05, 0.1) is 19.1 Å². The summed E-state index contributed by atoms with van der Waals surface area (Å²) >= 11 is 0. The second-order valence-corrected chi connectivity index (χ2v) is 7.58. The lowest BCUT2D eigenvalue weighted by atomic mass is 9.89. The highest BCUT2D eigenvalue weighted by Crippen LogP contribution is 2.19. The molecule has 5 nitrogen and oxygen atoms in total. The highest BCUT2D eigenvalue weighted by atomic mass is 16.5. The molecule has 2 heterocycles. The third-order valence-corrected chi connectivity index (χ3v) is 5.18. The normalized spacial score (nSPS) is 24.9. The van der Waals surface area contributed by atoms with Crippen molar-refractivity contribution >= 4 is 5.91 Å². The maximum atomic E-state index is 12.6. The number of aryl methyl sites for hydroxylation is 2. The SMILES string of the molecule is Cc1cc(C)cc(CNC(=O)[C@H]2CNC[C@@H](CN3CCOCC3)C2)c1. The van der Waals surface area contributed by atoms with Crippen LogP contribution in [0.2, 0.25) is 0 Å². The number of carbonyl (C=O) groups excluding carboxylic acids is 1. The molecule has 3 rings (SSSR count). The molecule has 0 aliphatic carbocycles. The van der Waals surface area contributed by atoms with Crippen molar-refractivity contribution in [3.63, 3.8) is 0 Å². The van der Waals surface area contributed by atoms with E-state index in [9.17, 15) is 4.79 Å². The molecule has 0 radical (unpaired) electrons. The third-order valence-electron chi connectivity index (χ3n) is 5.18. The van der Waals surface area contributed by atoms with Gasteiger partial charge in [-0.05, 0) is 38.3 Å². The van der Waals surface area contributed by atoms with Crippen LogP contribution in [-0.4, -0.2) is 56.7 Å². The van der Waals surface area contributed by atoms with Gasteiger partial charge >= 0.3 is 0 Å². The van der Waals surface area contributed by atoms with E-state index in [1.807, 2.05) is 0 Å². The summed E-state index contributed by atoms with van der Waals surface area (Å²) in [5.74, 6) is 0.799. The number of nitrogens with zero attached hydrogens (tertiary/aromatic N) is 1. The average Bonchev–Trinajstić information content (AvgIpc) is 2.60. The van der Waals surface area contributed by atoms with Crippen molar-refractivity contribution in [2.24, 2.45) is 11.8 Å². The van der Waals surface area contributed by atoms with Crippen molar-refractivity contribution in [3.05, 3.63) is 34.9 Å². The van der Waals surface area contributed by atoms with Gasteiger partial charge in [0.1, 0.15) is 0 Å². The van der Waals surface area contributed by atoms with E-state index in [1.54, 1.807) is 0 Å². The molecule has 2 saturated heterocycles. The lowest BCUT2D eigenvalue weighted by Crippen LogP contribution is -2.48. The van der Waals surface area contributed by atoms with Crippen LogP contribution in [0.1, 0.15) is 23.1 Å². The Balaban J connectivity index is 1.47. The van der Waals surface area contributed by atoms with Gasteiger partial charge in [0, 0.05) is 32.7 Å². The second-order valence-electron chi connectivity index (χ2n) is 7.58. The predicted octanol–water partition coefficient (Wildman–Crippen LogP) is 1.48. The Kier molecular flexibility index (Phi) is 6.45. The number of amides is 1. The topological polar surface area (TPSA) is 53.6 Å². The minimum atomic E-state index is 0.0747. The predicted molar refractivity (Wildman–Crippen MR) is 99.5 cm³/mol. The molecule has 2 atom stereocenters. The molecule has 2 aliphatic heterocycles. The third kappa shape index (κ3) is 5.53. The van der Waals surface area contributed by atoms with Crippen molar-refractivity contribution in [1.29, 1.82) is 0 Å². The molecule has 5 heteroatoms. The van der Waals surface area contributed by atoms with Crippen LogP contribution < -0.4 is 10.6 Å². The van der Waals surface area contributed by atoms with Crippen LogP contribution in [0.25, 0.3) is 0 Å². The quantitative estimate of drug-likeness (QED) is 0.849. The van der Waals surface area contributed by atoms with Gasteiger partial charge in [0.15, 0.2) is 0 Å². The molecular weight excluding hydrogens is 314 g/mol. The summed E-state index contributed by atoms with van der Waals surface area (Å²) in [6.45, 7) is 11.4. The number of morpholine rings is 1. The monoisotopic (exact) mass is 345 g/mol. The van der Waals surface area contributed by atoms with E-state index in [4.69, 9.17) is 4.74 Å². The first kappa shape index (κ1) is 18.4. The van der Waals surface area contributed by atoms with Crippen LogP contribution >= 0.6 is 0 Å². The number of piperidine rings is 1. The summed E-state index contributed by atoms with van der Waals surface area (Å²) in [6, 6.07) is 6.45. The molecule has 2 aliphatic rings. The Morgan fingerprint density at radius 1 is 1.20 bits per heavy atom. The highest BCUT2D eigenvalue weighted by molar-refractivity contribution is 5.79. The minimum Gasteiger partial charge on any atom is -0.379 e. The Labute approximate surface area is 151 Å². The zero-order valence-corrected chi connectivity index (χ0v) is 15.5. The molecule has 0 spiro atoms. The highest BCUT2D eigenvalue weighted by Gasteiger charge is 2.28. The fourth-order valence-corrected chi connectivity index (χ4v) is 4.02. The summed E-state index contributed by atoms with van der Waals surface area (Å²) in [7, 11) is 0. The van der Waals surface area contributed by atoms with Crippen molar-refractivity contribution in [1.82, 2.24) is 15.5 Å². The van der Waals surface area contributed by atoms with E-state index in [0.29, 0.717) is 12.5 Å². The number of hydrogen-bond acceptors (Lipinski definition) is 4. The van der Waals surface area contributed by atoms with Crippen molar-refractivity contribution in [2.45, 2.75) is 26.8 Å². The molecule has 25 heavy (non-hydrogen) atoms. The zero-order chi connectivity index (χ0) is 17.6. The number of ether oxygens (including phenoxy) is 1. The van der Waals surface area contributed by atoms with Crippen LogP contribution in [0, 0.1) is 25.7 Å². The van der Waals surface area contributed by atoms with Crippen molar-refractivity contribution in [3.8, 4) is 0 Å². The molecule has 0 saturated carbocycles. The average molecular weight is 345 g/mol. The molecule has 0 bridgehead atoms. The van der Waals surface area contributed by atoms with Crippen molar-refractivity contribution in [2.75, 3.05) is 45.9 Å². The summed E-state index contributed by atoms with van der Waals surface area (Å²) in [5, 5.41) is 6.59. The molecule has 0 unspecified atom stereocenters. The Hall–Kier alpha value is -1.43. The summed E-state index contributed by atoms with van der Waals surface area (Å²) < 4.78 is 5.42. The van der Waals surface area contributed by atoms with Gasteiger partial charge in [-0.3, -0.25) is 9.69 Å². The minimum absolute atomic E-state index is 0.0747. The van der Waals surface area contributed by atoms with Crippen LogP contribution in [0.4, 0.5) is 0 Å². The summed E-state index contributed by atoms with van der Waals surface area (Å²) in [6.07, 6.45) is 0.975. The van der Waals surface area contributed by atoms with Crippen LogP contribution in [-0.2, 0) is 16.1 Å². The van der Waals surface area contributed by atoms with Gasteiger partial charge in [-0.15, -0.1) is 0 Å². The molecule has 2 N–H and O–H groups in total. The first-order valence-electron chi connectivity index (χ1n) is 9.46. The molecule has 1 aromatic carbocycles. The van der Waals surface area contributed by atoms with Crippen LogP contribution in [0.5, 0.6) is 0 Å². The Morgan fingerprint density at radius 2 is 1.92 bits per heavy atom. The molecule has 0 aromatic heterocycles. The first-order valence-corrected chi connectivity index (χ1v) is 9.46. The van der Waals surface area contributed by atoms with E-state index in [1.165, 1.54) is 16.7 Å². The molecule has 138 valence electrons. The lowest BCUT2D eigenvalue weighted by molar-refractivity contribution is -0.126. The van der Waals surface area contributed by atoms with Gasteiger partial charge in [0.25, 0.3) is 0 Å². The Bertz CT molecular complexity index is 564. The molecular formula is C20H31N3O2. The number of benzene rings is 1. The lowest BCUT2D eigenvalue weighted by Gasteiger charge is -2.34. The first-order chi connectivity index (χ1) is 12.1. The van der Waals surface area contributed by atoms with Crippen LogP contribution in [0.3, 0.4) is 0 Å². The maximum Gasteiger partial charge on any atom is 0.224 e. The van der Waals surface area contributed by atoms with E-state index < -0.39 is 0 Å². The maximum absolute atomic E-state index is 12.6. The van der Waals surface area contributed by atoms with Crippen molar-refractivity contribution < 1.29 is 9.53 Å². The van der Waals surface area contributed by atoms with E-state index >= 15 is 0 Å². The standard InChI is InChI=1S/C20H31N3O2/c1-15-7-16(2)9-17(8-15)12-22-20(24)19-10-18(11-21-13-19)14-23-3-5-25-6-4-23/h7-9,18-19,21H,3-6,10-14H2,1-2H3,(H,22,24)/t18-,19+/m0/s1. The molecule has 2 fully saturated rings.